The van der Waals surface area contributed by atoms with Crippen LogP contribution in [-0.4, -0.2) is 51.1 Å². The van der Waals surface area contributed by atoms with E-state index in [4.69, 9.17) is 9.40 Å². The zero-order valence-electron chi connectivity index (χ0n) is 26.0. The number of phenolic OH excluding ortho intramolecular Hbond substituents is 1. The maximum Gasteiger partial charge on any atom is 0.226 e. The lowest BCUT2D eigenvalue weighted by Crippen LogP contribution is -2.25. The number of nitrogens with one attached hydrogen (secondary N) is 1. The Kier molecular flexibility index (Phi) is 11.6. The number of hydrogen-bond donors (Lipinski definition) is 2. The fraction of sp³-hybridized carbons (Fsp3) is 0.429. The van der Waals surface area contributed by atoms with Crippen molar-refractivity contribution in [2.75, 3.05) is 31.5 Å². The van der Waals surface area contributed by atoms with Crippen LogP contribution in [0.25, 0.3) is 22.7 Å². The number of anilines is 2. The minimum Gasteiger partial charge on any atom is -0.508 e. The largest absolute Gasteiger partial charge is 0.508 e. The van der Waals surface area contributed by atoms with Gasteiger partial charge in [-0.2, -0.15) is 0 Å². The summed E-state index contributed by atoms with van der Waals surface area (Å²) >= 11 is 0. The van der Waals surface area contributed by atoms with Gasteiger partial charge in [0.25, 0.3) is 0 Å². The van der Waals surface area contributed by atoms with Crippen molar-refractivity contribution in [2.45, 2.75) is 73.4 Å². The van der Waals surface area contributed by atoms with E-state index in [2.05, 4.69) is 72.1 Å². The van der Waals surface area contributed by atoms with E-state index in [0.717, 1.165) is 97.1 Å². The molecule has 0 fully saturated rings. The maximum absolute atomic E-state index is 10.7. The second-order valence-electron chi connectivity index (χ2n) is 11.1. The van der Waals surface area contributed by atoms with Crippen LogP contribution in [0.3, 0.4) is 0 Å². The predicted molar refractivity (Wildman–Crippen MR) is 173 cm³/mol. The van der Waals surface area contributed by atoms with Gasteiger partial charge in [0.2, 0.25) is 5.89 Å². The zero-order valence-corrected chi connectivity index (χ0v) is 26.0. The number of aryl methyl sites for hydroxylation is 1. The highest BCUT2D eigenvalue weighted by Crippen LogP contribution is 2.33. The standard InChI is InChI=1S/C35H47N5O2/c1-6-18-39(19-7-2)24-29-23-28(12-15-32(29)41)35-38-34(33(42-35)25-40(20-8-3)21-9-4)27-10-13-30(14-11-27)37-31-16-17-36-26(5)22-31/h10-17,22-23,41H,6-9,18-21,24-25H2,1-5H3,(H,36,37). The Labute approximate surface area is 251 Å². The number of rotatable bonds is 16. The molecule has 42 heavy (non-hydrogen) atoms. The molecule has 2 heterocycles. The average molecular weight is 570 g/mol. The first-order chi connectivity index (χ1) is 20.4. The Morgan fingerprint density at radius 3 is 1.98 bits per heavy atom. The number of pyridine rings is 1. The van der Waals surface area contributed by atoms with Crippen LogP contribution in [0.1, 0.15) is 70.4 Å². The third-order valence-corrected chi connectivity index (χ3v) is 7.29. The first-order valence-corrected chi connectivity index (χ1v) is 15.5. The lowest BCUT2D eigenvalue weighted by molar-refractivity contribution is 0.246. The number of benzene rings is 2. The van der Waals surface area contributed by atoms with Crippen molar-refractivity contribution < 1.29 is 9.52 Å². The Bertz CT molecular complexity index is 1390. The van der Waals surface area contributed by atoms with Crippen molar-refractivity contribution in [1.82, 2.24) is 19.8 Å². The van der Waals surface area contributed by atoms with E-state index in [1.54, 1.807) is 6.07 Å². The lowest BCUT2D eigenvalue weighted by atomic mass is 10.1. The second kappa shape index (κ2) is 15.5. The molecule has 2 aromatic heterocycles. The zero-order chi connectivity index (χ0) is 29.9. The van der Waals surface area contributed by atoms with Crippen LogP contribution in [-0.2, 0) is 13.1 Å². The van der Waals surface area contributed by atoms with Gasteiger partial charge < -0.3 is 14.8 Å². The number of hydrogen-bond acceptors (Lipinski definition) is 7. The van der Waals surface area contributed by atoms with Crippen molar-refractivity contribution in [3.05, 3.63) is 77.8 Å². The summed E-state index contributed by atoms with van der Waals surface area (Å²) < 4.78 is 6.54. The van der Waals surface area contributed by atoms with Crippen molar-refractivity contribution in [2.24, 2.45) is 0 Å². The van der Waals surface area contributed by atoms with Gasteiger partial charge in [0.1, 0.15) is 17.2 Å². The van der Waals surface area contributed by atoms with E-state index < -0.39 is 0 Å². The molecule has 7 heteroatoms. The quantitative estimate of drug-likeness (QED) is 0.140. The Morgan fingerprint density at radius 2 is 1.36 bits per heavy atom. The van der Waals surface area contributed by atoms with Crippen LogP contribution in [0.2, 0.25) is 0 Å². The molecule has 0 aliphatic carbocycles. The fourth-order valence-electron chi connectivity index (χ4n) is 5.40. The van der Waals surface area contributed by atoms with Crippen LogP contribution in [0.4, 0.5) is 11.4 Å². The number of oxazole rings is 1. The summed E-state index contributed by atoms with van der Waals surface area (Å²) in [6.45, 7) is 16.2. The first-order valence-electron chi connectivity index (χ1n) is 15.5. The molecule has 2 aromatic carbocycles. The van der Waals surface area contributed by atoms with Crippen LogP contribution < -0.4 is 5.32 Å². The predicted octanol–water partition coefficient (Wildman–Crippen LogP) is 8.41. The number of aromatic hydroxyl groups is 1. The molecule has 224 valence electrons. The summed E-state index contributed by atoms with van der Waals surface area (Å²) in [6.07, 6.45) is 6.13. The molecule has 4 aromatic rings. The number of phenols is 1. The molecule has 0 saturated heterocycles. The number of aromatic nitrogens is 2. The molecule has 0 saturated carbocycles. The SMILES string of the molecule is CCCN(CCC)Cc1cc(-c2nc(-c3ccc(Nc4ccnc(C)c4)cc3)c(CN(CCC)CCC)o2)ccc1O. The third kappa shape index (κ3) is 8.43. The third-order valence-electron chi connectivity index (χ3n) is 7.29. The molecular weight excluding hydrogens is 522 g/mol. The molecule has 0 bridgehead atoms. The van der Waals surface area contributed by atoms with E-state index in [-0.39, 0.29) is 0 Å². The van der Waals surface area contributed by atoms with Crippen LogP contribution in [0.5, 0.6) is 5.75 Å². The minimum atomic E-state index is 0.313. The molecule has 2 N–H and O–H groups in total. The van der Waals surface area contributed by atoms with Crippen molar-refractivity contribution >= 4 is 11.4 Å². The lowest BCUT2D eigenvalue weighted by Gasteiger charge is -2.21. The maximum atomic E-state index is 10.7. The van der Waals surface area contributed by atoms with Gasteiger partial charge in [-0.3, -0.25) is 14.8 Å². The summed E-state index contributed by atoms with van der Waals surface area (Å²) in [5, 5.41) is 14.2. The molecule has 7 nitrogen and oxygen atoms in total. The number of nitrogens with zero attached hydrogens (tertiary/aromatic N) is 4. The molecule has 0 aliphatic heterocycles. The van der Waals surface area contributed by atoms with Crippen molar-refractivity contribution in [1.29, 1.82) is 0 Å². The highest BCUT2D eigenvalue weighted by atomic mass is 16.4. The smallest absolute Gasteiger partial charge is 0.226 e. The summed E-state index contributed by atoms with van der Waals surface area (Å²) in [5.41, 5.74) is 6.64. The molecule has 0 unspecified atom stereocenters. The molecule has 0 radical (unpaired) electrons. The molecular formula is C35H47N5O2. The molecule has 0 amide bonds. The summed E-state index contributed by atoms with van der Waals surface area (Å²) in [4.78, 5) is 14.2. The van der Waals surface area contributed by atoms with Crippen LogP contribution >= 0.6 is 0 Å². The normalized spacial score (nSPS) is 11.5. The van der Waals surface area contributed by atoms with E-state index in [0.29, 0.717) is 24.7 Å². The topological polar surface area (TPSA) is 77.7 Å². The van der Waals surface area contributed by atoms with Gasteiger partial charge in [-0.15, -0.1) is 0 Å². The molecule has 0 spiro atoms. The van der Waals surface area contributed by atoms with Gasteiger partial charge in [-0.05, 0) is 101 Å². The summed E-state index contributed by atoms with van der Waals surface area (Å²) in [6, 6.07) is 18.1. The van der Waals surface area contributed by atoms with E-state index in [1.165, 1.54) is 0 Å². The van der Waals surface area contributed by atoms with Crippen LogP contribution in [0.15, 0.2) is 65.2 Å². The highest BCUT2D eigenvalue weighted by Gasteiger charge is 2.20. The van der Waals surface area contributed by atoms with Crippen LogP contribution in [0, 0.1) is 6.92 Å². The van der Waals surface area contributed by atoms with Crippen molar-refractivity contribution in [3.63, 3.8) is 0 Å². The van der Waals surface area contributed by atoms with Gasteiger partial charge in [0.05, 0.1) is 6.54 Å². The Balaban J connectivity index is 1.67. The second-order valence-corrected chi connectivity index (χ2v) is 11.1. The molecule has 4 rings (SSSR count). The van der Waals surface area contributed by atoms with Gasteiger partial charge in [0.15, 0.2) is 0 Å². The van der Waals surface area contributed by atoms with E-state index in [1.807, 2.05) is 37.4 Å². The van der Waals surface area contributed by atoms with E-state index >= 15 is 0 Å². The first kappa shape index (κ1) is 31.3. The van der Waals surface area contributed by atoms with Gasteiger partial charge in [0, 0.05) is 46.5 Å². The van der Waals surface area contributed by atoms with Gasteiger partial charge in [-0.1, -0.05) is 39.8 Å². The Hall–Kier alpha value is -3.68. The average Bonchev–Trinajstić information content (AvgIpc) is 3.39. The minimum absolute atomic E-state index is 0.313. The van der Waals surface area contributed by atoms with E-state index in [9.17, 15) is 5.11 Å². The fourth-order valence-corrected chi connectivity index (χ4v) is 5.40. The molecule has 0 atom stereocenters. The monoisotopic (exact) mass is 569 g/mol. The Morgan fingerprint density at radius 1 is 0.738 bits per heavy atom. The molecule has 0 aliphatic rings. The van der Waals surface area contributed by atoms with Gasteiger partial charge >= 0.3 is 0 Å². The van der Waals surface area contributed by atoms with Gasteiger partial charge in [-0.25, -0.2) is 4.98 Å². The highest BCUT2D eigenvalue weighted by molar-refractivity contribution is 5.70. The van der Waals surface area contributed by atoms with Crippen molar-refractivity contribution in [3.8, 4) is 28.5 Å². The summed E-state index contributed by atoms with van der Waals surface area (Å²) in [7, 11) is 0. The summed E-state index contributed by atoms with van der Waals surface area (Å²) in [5.74, 6) is 1.76.